The minimum absolute atomic E-state index is 0.746. The molecule has 1 unspecified atom stereocenters. The topological polar surface area (TPSA) is 26.0 Å². The first-order chi connectivity index (χ1) is 9.79. The summed E-state index contributed by atoms with van der Waals surface area (Å²) in [6, 6.07) is 0. The lowest BCUT2D eigenvalue weighted by Gasteiger charge is -2.61. The van der Waals surface area contributed by atoms with E-state index in [1.807, 2.05) is 0 Å². The van der Waals surface area contributed by atoms with Crippen molar-refractivity contribution in [2.75, 3.05) is 6.54 Å². The van der Waals surface area contributed by atoms with Crippen LogP contribution in [0.15, 0.2) is 0 Å². The van der Waals surface area contributed by atoms with Crippen molar-refractivity contribution in [1.82, 2.24) is 0 Å². The van der Waals surface area contributed by atoms with Gasteiger partial charge in [0.15, 0.2) is 0 Å². The van der Waals surface area contributed by atoms with Gasteiger partial charge in [0, 0.05) is 0 Å². The average Bonchev–Trinajstić information content (AvgIpc) is 2.44. The second kappa shape index (κ2) is 5.30. The van der Waals surface area contributed by atoms with Crippen LogP contribution in [0, 0.1) is 35.0 Å². The van der Waals surface area contributed by atoms with Crippen molar-refractivity contribution < 1.29 is 0 Å². The molecule has 20 heavy (non-hydrogen) atoms. The average molecular weight is 275 g/mol. The molecule has 2 N–H and O–H groups in total. The van der Waals surface area contributed by atoms with Crippen LogP contribution in [0.5, 0.6) is 0 Å². The second-order valence-electron chi connectivity index (χ2n) is 8.86. The van der Waals surface area contributed by atoms with Crippen LogP contribution in [0.1, 0.15) is 77.0 Å². The maximum absolute atomic E-state index is 6.05. The van der Waals surface area contributed by atoms with Gasteiger partial charge in [-0.3, -0.25) is 0 Å². The quantitative estimate of drug-likeness (QED) is 0.787. The zero-order valence-electron chi connectivity index (χ0n) is 13.2. The first-order valence-corrected chi connectivity index (χ1v) is 9.49. The Morgan fingerprint density at radius 1 is 0.850 bits per heavy atom. The van der Waals surface area contributed by atoms with Gasteiger partial charge in [0.25, 0.3) is 0 Å². The lowest BCUT2D eigenvalue weighted by atomic mass is 9.44. The third-order valence-corrected chi connectivity index (χ3v) is 7.57. The van der Waals surface area contributed by atoms with Crippen molar-refractivity contribution in [2.45, 2.75) is 77.0 Å². The van der Waals surface area contributed by atoms with Gasteiger partial charge in [-0.05, 0) is 86.5 Å². The zero-order valence-corrected chi connectivity index (χ0v) is 13.2. The van der Waals surface area contributed by atoms with Crippen molar-refractivity contribution >= 4 is 0 Å². The van der Waals surface area contributed by atoms with Crippen LogP contribution in [0.25, 0.3) is 0 Å². The zero-order chi connectivity index (χ0) is 13.6. The maximum Gasteiger partial charge on any atom is -0.00743 e. The van der Waals surface area contributed by atoms with Crippen LogP contribution in [0.2, 0.25) is 0 Å². The van der Waals surface area contributed by atoms with Gasteiger partial charge < -0.3 is 5.73 Å². The molecular formula is C19H33N. The van der Waals surface area contributed by atoms with Crippen molar-refractivity contribution in [3.8, 4) is 0 Å². The standard InChI is InChI=1S/C19H33N/c20-7-6-18(17-4-2-1-3-5-17)19-11-14-8-15(12-19)10-16(9-14)13-19/h14-18H,1-13,20H2. The fourth-order valence-electron chi connectivity index (χ4n) is 7.39. The first-order valence-electron chi connectivity index (χ1n) is 9.49. The lowest BCUT2D eigenvalue weighted by molar-refractivity contribution is -0.106. The fourth-order valence-corrected chi connectivity index (χ4v) is 7.39. The molecule has 1 heteroatoms. The Morgan fingerprint density at radius 2 is 1.40 bits per heavy atom. The molecule has 5 rings (SSSR count). The van der Waals surface area contributed by atoms with Crippen molar-refractivity contribution in [2.24, 2.45) is 40.7 Å². The molecule has 0 aliphatic heterocycles. The van der Waals surface area contributed by atoms with Gasteiger partial charge in [-0.2, -0.15) is 0 Å². The van der Waals surface area contributed by atoms with E-state index in [0.717, 1.165) is 41.5 Å². The normalized spacial score (nSPS) is 45.8. The van der Waals surface area contributed by atoms with Gasteiger partial charge in [-0.25, -0.2) is 0 Å². The summed E-state index contributed by atoms with van der Waals surface area (Å²) in [5, 5.41) is 0. The molecule has 0 aromatic rings. The van der Waals surface area contributed by atoms with Crippen molar-refractivity contribution in [1.29, 1.82) is 0 Å². The molecule has 0 aromatic heterocycles. The van der Waals surface area contributed by atoms with E-state index in [1.165, 1.54) is 38.5 Å². The molecule has 0 saturated heterocycles. The van der Waals surface area contributed by atoms with E-state index in [0.29, 0.717) is 0 Å². The first kappa shape index (κ1) is 13.6. The van der Waals surface area contributed by atoms with E-state index in [2.05, 4.69) is 0 Å². The van der Waals surface area contributed by atoms with E-state index in [1.54, 1.807) is 38.5 Å². The van der Waals surface area contributed by atoms with Gasteiger partial charge in [0.2, 0.25) is 0 Å². The molecule has 1 nitrogen and oxygen atoms in total. The maximum atomic E-state index is 6.05. The molecule has 0 radical (unpaired) electrons. The van der Waals surface area contributed by atoms with E-state index < -0.39 is 0 Å². The van der Waals surface area contributed by atoms with Crippen LogP contribution in [0.4, 0.5) is 0 Å². The Kier molecular flexibility index (Phi) is 3.61. The fraction of sp³-hybridized carbons (Fsp3) is 1.00. The molecule has 114 valence electrons. The predicted molar refractivity (Wildman–Crippen MR) is 84.3 cm³/mol. The summed E-state index contributed by atoms with van der Waals surface area (Å²) in [4.78, 5) is 0. The van der Waals surface area contributed by atoms with Crippen LogP contribution in [-0.2, 0) is 0 Å². The third kappa shape index (κ3) is 2.25. The van der Waals surface area contributed by atoms with Crippen LogP contribution < -0.4 is 5.73 Å². The van der Waals surface area contributed by atoms with E-state index >= 15 is 0 Å². The largest absolute Gasteiger partial charge is 0.330 e. The van der Waals surface area contributed by atoms with Crippen LogP contribution in [-0.4, -0.2) is 6.54 Å². The number of rotatable bonds is 4. The summed E-state index contributed by atoms with van der Waals surface area (Å²) >= 11 is 0. The summed E-state index contributed by atoms with van der Waals surface area (Å²) in [6.07, 6.45) is 18.4. The van der Waals surface area contributed by atoms with Gasteiger partial charge in [0.05, 0.1) is 0 Å². The highest BCUT2D eigenvalue weighted by Gasteiger charge is 2.54. The summed E-state index contributed by atoms with van der Waals surface area (Å²) in [7, 11) is 0. The molecule has 5 aliphatic rings. The summed E-state index contributed by atoms with van der Waals surface area (Å²) < 4.78 is 0. The molecule has 5 saturated carbocycles. The summed E-state index contributed by atoms with van der Waals surface area (Å²) in [6.45, 7) is 0.933. The van der Waals surface area contributed by atoms with Crippen LogP contribution in [0.3, 0.4) is 0 Å². The minimum Gasteiger partial charge on any atom is -0.330 e. The van der Waals surface area contributed by atoms with Crippen molar-refractivity contribution in [3.63, 3.8) is 0 Å². The third-order valence-electron chi connectivity index (χ3n) is 7.57. The number of hydrogen-bond donors (Lipinski definition) is 1. The smallest absolute Gasteiger partial charge is 0.00743 e. The number of hydrogen-bond acceptors (Lipinski definition) is 1. The van der Waals surface area contributed by atoms with E-state index in [9.17, 15) is 0 Å². The Balaban J connectivity index is 1.58. The second-order valence-corrected chi connectivity index (χ2v) is 8.86. The highest BCUT2D eigenvalue weighted by atomic mass is 14.6. The van der Waals surface area contributed by atoms with E-state index in [4.69, 9.17) is 5.73 Å². The number of nitrogens with two attached hydrogens (primary N) is 1. The highest BCUT2D eigenvalue weighted by Crippen LogP contribution is 2.65. The Hall–Kier alpha value is -0.0400. The van der Waals surface area contributed by atoms with Crippen LogP contribution >= 0.6 is 0 Å². The van der Waals surface area contributed by atoms with Gasteiger partial charge in [0.1, 0.15) is 0 Å². The molecular weight excluding hydrogens is 242 g/mol. The Morgan fingerprint density at radius 3 is 1.90 bits per heavy atom. The predicted octanol–water partition coefficient (Wildman–Crippen LogP) is 4.75. The van der Waals surface area contributed by atoms with Crippen molar-refractivity contribution in [3.05, 3.63) is 0 Å². The summed E-state index contributed by atoms with van der Waals surface area (Å²) in [5.41, 5.74) is 6.80. The lowest BCUT2D eigenvalue weighted by Crippen LogP contribution is -2.51. The van der Waals surface area contributed by atoms with Gasteiger partial charge in [-0.15, -0.1) is 0 Å². The Bertz CT molecular complexity index is 306. The molecule has 1 atom stereocenters. The molecule has 5 aliphatic carbocycles. The molecule has 4 bridgehead atoms. The van der Waals surface area contributed by atoms with E-state index in [-0.39, 0.29) is 0 Å². The SMILES string of the molecule is NCCC(C1CCCCC1)C12CC3CC(CC(C3)C1)C2. The minimum atomic E-state index is 0.746. The van der Waals surface area contributed by atoms with Gasteiger partial charge in [-0.1, -0.05) is 32.1 Å². The monoisotopic (exact) mass is 275 g/mol. The highest BCUT2D eigenvalue weighted by molar-refractivity contribution is 5.05. The molecule has 0 amide bonds. The Labute approximate surface area is 125 Å². The molecule has 0 spiro atoms. The van der Waals surface area contributed by atoms with Gasteiger partial charge >= 0.3 is 0 Å². The molecule has 0 aromatic carbocycles. The summed E-state index contributed by atoms with van der Waals surface area (Å²) in [5.74, 6) is 5.32. The molecule has 5 fully saturated rings. The molecule has 0 heterocycles.